The first kappa shape index (κ1) is 9.38. The zero-order valence-corrected chi connectivity index (χ0v) is 8.54. The van der Waals surface area contributed by atoms with Crippen LogP contribution in [0.2, 0.25) is 0 Å². The van der Waals surface area contributed by atoms with Crippen molar-refractivity contribution in [1.29, 1.82) is 0 Å². The van der Waals surface area contributed by atoms with E-state index in [9.17, 15) is 0 Å². The summed E-state index contributed by atoms with van der Waals surface area (Å²) in [7, 11) is 0. The molecule has 2 aromatic carbocycles. The van der Waals surface area contributed by atoms with E-state index < -0.39 is 0 Å². The second kappa shape index (κ2) is 4.36. The monoisotopic (exact) mass is 190 g/mol. The quantitative estimate of drug-likeness (QED) is 0.560. The van der Waals surface area contributed by atoms with Gasteiger partial charge in [-0.05, 0) is 31.2 Å². The molecule has 0 heterocycles. The van der Waals surface area contributed by atoms with Crippen LogP contribution in [-0.4, -0.2) is 0 Å². The van der Waals surface area contributed by atoms with E-state index >= 15 is 0 Å². The van der Waals surface area contributed by atoms with Crippen LogP contribution in [0.15, 0.2) is 42.5 Å². The minimum atomic E-state index is 0.967. The summed E-state index contributed by atoms with van der Waals surface area (Å²) in [5.41, 5.74) is 3.26. The second-order valence-electron chi connectivity index (χ2n) is 3.34. The third kappa shape index (κ3) is 2.63. The Morgan fingerprint density at radius 2 is 1.60 bits per heavy atom. The molecule has 70 valence electrons. The van der Waals surface area contributed by atoms with Gasteiger partial charge >= 0.3 is 0 Å². The molecule has 2 rings (SSSR count). The summed E-state index contributed by atoms with van der Waals surface area (Å²) in [6.45, 7) is 2.07. The molecule has 0 spiro atoms. The Hall–Kier alpha value is -2.18. The van der Waals surface area contributed by atoms with Crippen molar-refractivity contribution in [2.24, 2.45) is 0 Å². The summed E-state index contributed by atoms with van der Waals surface area (Å²) in [5.74, 6) is 6.18. The first-order chi connectivity index (χ1) is 7.34. The number of rotatable bonds is 0. The van der Waals surface area contributed by atoms with Crippen LogP contribution in [0.3, 0.4) is 0 Å². The molecule has 0 unspecified atom stereocenters. The molecule has 0 radical (unpaired) electrons. The predicted octanol–water partition coefficient (Wildman–Crippen LogP) is 3.00. The lowest BCUT2D eigenvalue weighted by atomic mass is 10.1. The van der Waals surface area contributed by atoms with Crippen molar-refractivity contribution in [2.45, 2.75) is 6.92 Å². The van der Waals surface area contributed by atoms with E-state index in [0.29, 0.717) is 0 Å². The average molecular weight is 190 g/mol. The molecule has 2 aromatic rings. The molecule has 0 heteroatoms. The lowest BCUT2D eigenvalue weighted by Crippen LogP contribution is -1.76. The third-order valence-electron chi connectivity index (χ3n) is 2.06. The fourth-order valence-corrected chi connectivity index (χ4v) is 1.21. The van der Waals surface area contributed by atoms with Gasteiger partial charge in [-0.1, -0.05) is 41.7 Å². The Labute approximate surface area is 90.6 Å². The van der Waals surface area contributed by atoms with E-state index in [1.807, 2.05) is 30.3 Å². The maximum absolute atomic E-state index is 3.10. The summed E-state index contributed by atoms with van der Waals surface area (Å²) in [6, 6.07) is 19.5. The van der Waals surface area contributed by atoms with Gasteiger partial charge in [-0.15, -0.1) is 0 Å². The van der Waals surface area contributed by atoms with Gasteiger partial charge in [0.1, 0.15) is 0 Å². The molecule has 0 saturated heterocycles. The van der Waals surface area contributed by atoms with Crippen LogP contribution in [0.4, 0.5) is 0 Å². The largest absolute Gasteiger partial charge is 0.0702 e. The Balaban J connectivity index is 2.22. The second-order valence-corrected chi connectivity index (χ2v) is 3.34. The topological polar surface area (TPSA) is 0 Å². The van der Waals surface area contributed by atoms with Crippen LogP contribution in [-0.2, 0) is 0 Å². The molecule has 0 aliphatic heterocycles. The minimum absolute atomic E-state index is 0.967. The van der Waals surface area contributed by atoms with Crippen LogP contribution in [0.5, 0.6) is 0 Å². The molecule has 0 aliphatic carbocycles. The van der Waals surface area contributed by atoms with Crippen LogP contribution in [0.1, 0.15) is 16.7 Å². The summed E-state index contributed by atoms with van der Waals surface area (Å²) in [4.78, 5) is 0. The highest BCUT2D eigenvalue weighted by Gasteiger charge is 1.86. The Morgan fingerprint density at radius 3 is 2.27 bits per heavy atom. The SMILES string of the molecule is Cc1ccc(C#Cc2cc#ccc2)cc1. The van der Waals surface area contributed by atoms with E-state index in [1.54, 1.807) is 0 Å². The molecule has 0 bridgehead atoms. The molecule has 0 atom stereocenters. The Morgan fingerprint density at radius 1 is 0.867 bits per heavy atom. The molecule has 0 amide bonds. The third-order valence-corrected chi connectivity index (χ3v) is 2.06. The molecule has 0 aromatic heterocycles. The van der Waals surface area contributed by atoms with Crippen molar-refractivity contribution in [1.82, 2.24) is 0 Å². The number of aryl methyl sites for hydroxylation is 1. The molecular weight excluding hydrogens is 180 g/mol. The van der Waals surface area contributed by atoms with Crippen LogP contribution < -0.4 is 0 Å². The zero-order chi connectivity index (χ0) is 10.5. The van der Waals surface area contributed by atoms with Crippen molar-refractivity contribution in [2.75, 3.05) is 0 Å². The van der Waals surface area contributed by atoms with Gasteiger partial charge in [0, 0.05) is 17.2 Å². The molecule has 0 N–H and O–H groups in total. The first-order valence-corrected chi connectivity index (χ1v) is 4.81. The van der Waals surface area contributed by atoms with Gasteiger partial charge in [0.2, 0.25) is 0 Å². The Kier molecular flexibility index (Phi) is 2.72. The van der Waals surface area contributed by atoms with Gasteiger partial charge in [0.25, 0.3) is 0 Å². The smallest absolute Gasteiger partial charge is 0.0338 e. The lowest BCUT2D eigenvalue weighted by Gasteiger charge is -1.91. The maximum atomic E-state index is 3.10. The van der Waals surface area contributed by atoms with Crippen LogP contribution in [0, 0.1) is 30.9 Å². The fourth-order valence-electron chi connectivity index (χ4n) is 1.21. The van der Waals surface area contributed by atoms with Crippen molar-refractivity contribution in [3.05, 3.63) is 71.3 Å². The average Bonchev–Trinajstić information content (AvgIpc) is 2.30. The van der Waals surface area contributed by atoms with Gasteiger partial charge in [-0.2, -0.15) is 0 Å². The minimum Gasteiger partial charge on any atom is -0.0702 e. The van der Waals surface area contributed by atoms with Crippen molar-refractivity contribution >= 4 is 0 Å². The summed E-state index contributed by atoms with van der Waals surface area (Å²) >= 11 is 0. The molecule has 0 saturated carbocycles. The number of hydrogen-bond acceptors (Lipinski definition) is 0. The molecule has 0 aliphatic rings. The Bertz CT molecular complexity index is 481. The summed E-state index contributed by atoms with van der Waals surface area (Å²) in [6.07, 6.45) is 0. The van der Waals surface area contributed by atoms with Gasteiger partial charge in [0.05, 0.1) is 0 Å². The predicted molar refractivity (Wildman–Crippen MR) is 61.3 cm³/mol. The van der Waals surface area contributed by atoms with E-state index in [2.05, 4.69) is 43.0 Å². The molecule has 0 nitrogen and oxygen atoms in total. The lowest BCUT2D eigenvalue weighted by molar-refractivity contribution is 1.46. The highest BCUT2D eigenvalue weighted by atomic mass is 13.9. The van der Waals surface area contributed by atoms with Crippen LogP contribution in [0.25, 0.3) is 0 Å². The highest BCUT2D eigenvalue weighted by Crippen LogP contribution is 2.01. The van der Waals surface area contributed by atoms with Gasteiger partial charge in [0.15, 0.2) is 0 Å². The van der Waals surface area contributed by atoms with E-state index in [4.69, 9.17) is 0 Å². The standard InChI is InChI=1S/C15H10/c1-13-7-9-15(10-8-13)12-11-14-5-3-2-4-6-14/h3,5-10H,1H3. The van der Waals surface area contributed by atoms with Crippen molar-refractivity contribution in [3.63, 3.8) is 0 Å². The van der Waals surface area contributed by atoms with E-state index in [-0.39, 0.29) is 0 Å². The van der Waals surface area contributed by atoms with E-state index in [1.165, 1.54) is 5.56 Å². The van der Waals surface area contributed by atoms with Gasteiger partial charge in [-0.25, -0.2) is 0 Å². The van der Waals surface area contributed by atoms with Crippen LogP contribution >= 0.6 is 0 Å². The molecule has 0 fully saturated rings. The van der Waals surface area contributed by atoms with E-state index in [0.717, 1.165) is 11.1 Å². The highest BCUT2D eigenvalue weighted by molar-refractivity contribution is 5.42. The number of hydrogen-bond donors (Lipinski definition) is 0. The summed E-state index contributed by atoms with van der Waals surface area (Å²) in [5, 5.41) is 0. The molecular formula is C15H10. The van der Waals surface area contributed by atoms with Gasteiger partial charge < -0.3 is 0 Å². The normalized spacial score (nSPS) is 8.60. The first-order valence-electron chi connectivity index (χ1n) is 4.81. The van der Waals surface area contributed by atoms with Crippen molar-refractivity contribution in [3.8, 4) is 11.8 Å². The maximum Gasteiger partial charge on any atom is 0.0338 e. The number of benzene rings is 1. The molecule has 15 heavy (non-hydrogen) atoms. The summed E-state index contributed by atoms with van der Waals surface area (Å²) < 4.78 is 0. The zero-order valence-electron chi connectivity index (χ0n) is 8.54. The van der Waals surface area contributed by atoms with Crippen molar-refractivity contribution < 1.29 is 0 Å². The fraction of sp³-hybridized carbons (Fsp3) is 0.0667. The van der Waals surface area contributed by atoms with Gasteiger partial charge in [-0.3, -0.25) is 0 Å².